The lowest BCUT2D eigenvalue weighted by Crippen LogP contribution is -2.03. The van der Waals surface area contributed by atoms with Gasteiger partial charge in [-0.05, 0) is 24.6 Å². The van der Waals surface area contributed by atoms with Crippen LogP contribution in [-0.4, -0.2) is 21.4 Å². The standard InChI is InChI=1S/C7H8O2.CH3NO2/c1-5-2-3-6(8)7(9)4-5;2-1(3)4/h2-4,8-9H,1H3;2H2,(H,3,4). The molecule has 0 aliphatic carbocycles. The normalized spacial score (nSPS) is 8.38. The minimum atomic E-state index is -1.33. The van der Waals surface area contributed by atoms with Gasteiger partial charge in [-0.1, -0.05) is 6.07 Å². The molecular weight excluding hydrogens is 174 g/mol. The molecule has 1 aromatic carbocycles. The maximum absolute atomic E-state index is 8.85. The van der Waals surface area contributed by atoms with E-state index in [-0.39, 0.29) is 11.5 Å². The zero-order chi connectivity index (χ0) is 10.4. The lowest BCUT2D eigenvalue weighted by molar-refractivity contribution is 0.205. The van der Waals surface area contributed by atoms with E-state index in [1.54, 1.807) is 6.07 Å². The molecule has 13 heavy (non-hydrogen) atoms. The molecule has 1 amide bonds. The molecule has 1 rings (SSSR count). The van der Waals surface area contributed by atoms with Gasteiger partial charge in [0.25, 0.3) is 0 Å². The highest BCUT2D eigenvalue weighted by molar-refractivity contribution is 5.61. The predicted molar refractivity (Wildman–Crippen MR) is 46.7 cm³/mol. The highest BCUT2D eigenvalue weighted by atomic mass is 16.4. The molecule has 72 valence electrons. The first-order chi connectivity index (χ1) is 5.93. The van der Waals surface area contributed by atoms with E-state index in [4.69, 9.17) is 20.1 Å². The van der Waals surface area contributed by atoms with Gasteiger partial charge in [-0.15, -0.1) is 0 Å². The molecule has 1 aromatic rings. The molecule has 0 saturated heterocycles. The summed E-state index contributed by atoms with van der Waals surface area (Å²) in [6, 6.07) is 4.70. The molecule has 0 unspecified atom stereocenters. The Morgan fingerprint density at radius 1 is 1.31 bits per heavy atom. The van der Waals surface area contributed by atoms with Crippen molar-refractivity contribution in [2.75, 3.05) is 0 Å². The van der Waals surface area contributed by atoms with E-state index in [1.807, 2.05) is 6.92 Å². The number of hydrogen-bond acceptors (Lipinski definition) is 3. The van der Waals surface area contributed by atoms with Crippen LogP contribution in [0.1, 0.15) is 5.56 Å². The van der Waals surface area contributed by atoms with Crippen LogP contribution in [0.3, 0.4) is 0 Å². The summed E-state index contributed by atoms with van der Waals surface area (Å²) in [5.74, 6) is -0.129. The summed E-state index contributed by atoms with van der Waals surface area (Å²) in [6.45, 7) is 1.85. The molecule has 5 N–H and O–H groups in total. The average Bonchev–Trinajstić information content (AvgIpc) is 1.96. The van der Waals surface area contributed by atoms with Crippen LogP contribution in [0.4, 0.5) is 4.79 Å². The van der Waals surface area contributed by atoms with Gasteiger partial charge in [0.1, 0.15) is 0 Å². The van der Waals surface area contributed by atoms with E-state index in [2.05, 4.69) is 5.73 Å². The van der Waals surface area contributed by atoms with Crippen molar-refractivity contribution in [1.29, 1.82) is 0 Å². The monoisotopic (exact) mass is 185 g/mol. The second kappa shape index (κ2) is 4.87. The van der Waals surface area contributed by atoms with E-state index >= 15 is 0 Å². The maximum Gasteiger partial charge on any atom is 0.402 e. The van der Waals surface area contributed by atoms with E-state index in [0.29, 0.717) is 0 Å². The van der Waals surface area contributed by atoms with Crippen LogP contribution in [0, 0.1) is 6.92 Å². The zero-order valence-corrected chi connectivity index (χ0v) is 7.06. The summed E-state index contributed by atoms with van der Waals surface area (Å²) in [5.41, 5.74) is 4.96. The molecule has 0 aliphatic rings. The molecule has 0 saturated carbocycles. The molecule has 0 aliphatic heterocycles. The van der Waals surface area contributed by atoms with Crippen molar-refractivity contribution in [3.63, 3.8) is 0 Å². The lowest BCUT2D eigenvalue weighted by Gasteiger charge is -1.95. The van der Waals surface area contributed by atoms with Crippen LogP contribution in [0.2, 0.25) is 0 Å². The van der Waals surface area contributed by atoms with Crippen molar-refractivity contribution in [3.05, 3.63) is 23.8 Å². The Labute approximate surface area is 75.1 Å². The van der Waals surface area contributed by atoms with E-state index in [9.17, 15) is 0 Å². The number of nitrogens with two attached hydrogens (primary N) is 1. The number of rotatable bonds is 0. The van der Waals surface area contributed by atoms with Gasteiger partial charge in [0.2, 0.25) is 0 Å². The van der Waals surface area contributed by atoms with Gasteiger partial charge < -0.3 is 21.1 Å². The van der Waals surface area contributed by atoms with E-state index in [1.165, 1.54) is 12.1 Å². The molecule has 0 fully saturated rings. The van der Waals surface area contributed by atoms with Crippen LogP contribution < -0.4 is 5.73 Å². The molecule has 0 atom stereocenters. The smallest absolute Gasteiger partial charge is 0.402 e. The number of phenolic OH excluding ortho intramolecular Hbond substituents is 2. The van der Waals surface area contributed by atoms with Crippen molar-refractivity contribution >= 4 is 6.09 Å². The van der Waals surface area contributed by atoms with Gasteiger partial charge in [0.05, 0.1) is 0 Å². The molecule has 0 bridgehead atoms. The first kappa shape index (κ1) is 11.1. The SMILES string of the molecule is Cc1ccc(O)c(O)c1.NC(=O)O. The number of benzene rings is 1. The Morgan fingerprint density at radius 3 is 2.08 bits per heavy atom. The largest absolute Gasteiger partial charge is 0.504 e. The third-order valence-electron chi connectivity index (χ3n) is 1.13. The van der Waals surface area contributed by atoms with E-state index in [0.717, 1.165) is 5.56 Å². The fourth-order valence-corrected chi connectivity index (χ4v) is 0.633. The first-order valence-electron chi connectivity index (χ1n) is 3.40. The molecule has 5 heteroatoms. The number of phenols is 2. The van der Waals surface area contributed by atoms with Gasteiger partial charge in [-0.25, -0.2) is 4.79 Å². The fraction of sp³-hybridized carbons (Fsp3) is 0.125. The summed E-state index contributed by atoms with van der Waals surface area (Å²) in [5, 5.41) is 24.8. The Hall–Kier alpha value is -1.91. The number of hydrogen-bond donors (Lipinski definition) is 4. The minimum absolute atomic E-state index is 0.0602. The minimum Gasteiger partial charge on any atom is -0.504 e. The van der Waals surface area contributed by atoms with Crippen molar-refractivity contribution < 1.29 is 20.1 Å². The second-order valence-corrected chi connectivity index (χ2v) is 2.33. The summed E-state index contributed by atoms with van der Waals surface area (Å²) in [4.78, 5) is 8.78. The number of aromatic hydroxyl groups is 2. The van der Waals surface area contributed by atoms with Crippen LogP contribution in [0.25, 0.3) is 0 Å². The van der Waals surface area contributed by atoms with E-state index < -0.39 is 6.09 Å². The lowest BCUT2D eigenvalue weighted by atomic mass is 10.2. The molecule has 0 heterocycles. The number of carboxylic acid groups (broad SMARTS) is 1. The van der Waals surface area contributed by atoms with Gasteiger partial charge >= 0.3 is 6.09 Å². The number of aryl methyl sites for hydroxylation is 1. The number of primary amides is 1. The van der Waals surface area contributed by atoms with Crippen molar-refractivity contribution in [1.82, 2.24) is 0 Å². The third-order valence-corrected chi connectivity index (χ3v) is 1.13. The second-order valence-electron chi connectivity index (χ2n) is 2.33. The predicted octanol–water partition coefficient (Wildman–Crippen LogP) is 1.03. The van der Waals surface area contributed by atoms with Gasteiger partial charge in [-0.2, -0.15) is 0 Å². The Morgan fingerprint density at radius 2 is 1.77 bits per heavy atom. The topological polar surface area (TPSA) is 104 Å². The Kier molecular flexibility index (Phi) is 4.15. The third kappa shape index (κ3) is 5.37. The fourth-order valence-electron chi connectivity index (χ4n) is 0.633. The zero-order valence-electron chi connectivity index (χ0n) is 7.06. The van der Waals surface area contributed by atoms with Crippen molar-refractivity contribution in [3.8, 4) is 11.5 Å². The first-order valence-corrected chi connectivity index (χ1v) is 3.40. The highest BCUT2D eigenvalue weighted by Crippen LogP contribution is 2.23. The van der Waals surface area contributed by atoms with Gasteiger partial charge in [0, 0.05) is 0 Å². The average molecular weight is 185 g/mol. The van der Waals surface area contributed by atoms with Crippen LogP contribution in [0.5, 0.6) is 11.5 Å². The maximum atomic E-state index is 8.85. The van der Waals surface area contributed by atoms with Gasteiger partial charge in [-0.3, -0.25) is 0 Å². The summed E-state index contributed by atoms with van der Waals surface area (Å²) in [6.07, 6.45) is -1.33. The quantitative estimate of drug-likeness (QED) is 0.453. The van der Waals surface area contributed by atoms with Crippen LogP contribution in [-0.2, 0) is 0 Å². The molecule has 0 spiro atoms. The van der Waals surface area contributed by atoms with Crippen LogP contribution in [0.15, 0.2) is 18.2 Å². The van der Waals surface area contributed by atoms with Crippen molar-refractivity contribution in [2.45, 2.75) is 6.92 Å². The molecule has 0 radical (unpaired) electrons. The Bertz CT molecular complexity index is 294. The van der Waals surface area contributed by atoms with Crippen molar-refractivity contribution in [2.24, 2.45) is 5.73 Å². The summed E-state index contributed by atoms with van der Waals surface area (Å²) in [7, 11) is 0. The highest BCUT2D eigenvalue weighted by Gasteiger charge is 1.94. The molecular formula is C8H11NO4. The molecule has 0 aromatic heterocycles. The van der Waals surface area contributed by atoms with Crippen LogP contribution >= 0.6 is 0 Å². The Balaban J connectivity index is 0.000000310. The van der Waals surface area contributed by atoms with Gasteiger partial charge in [0.15, 0.2) is 11.5 Å². The number of carbonyl (C=O) groups is 1. The number of amides is 1. The molecule has 5 nitrogen and oxygen atoms in total. The summed E-state index contributed by atoms with van der Waals surface area (Å²) < 4.78 is 0. The summed E-state index contributed by atoms with van der Waals surface area (Å²) >= 11 is 0.